The zero-order valence-electron chi connectivity index (χ0n) is 8.28. The molecule has 1 atom stereocenters. The molecule has 0 aliphatic heterocycles. The molecule has 2 heterocycles. The van der Waals surface area contributed by atoms with Gasteiger partial charge in [-0.05, 0) is 27.6 Å². The van der Waals surface area contributed by atoms with Gasteiger partial charge in [-0.3, -0.25) is 4.40 Å². The SMILES string of the molecule is NCC(O)c1ccn2cnc([N+](=O)[O-])c2c1. The van der Waals surface area contributed by atoms with E-state index in [1.54, 1.807) is 12.3 Å². The average Bonchev–Trinajstić information content (AvgIpc) is 2.70. The third kappa shape index (κ3) is 1.62. The molecule has 2 rings (SSSR count). The topological polar surface area (TPSA) is 107 Å². The Morgan fingerprint density at radius 1 is 1.69 bits per heavy atom. The van der Waals surface area contributed by atoms with Crippen molar-refractivity contribution in [3.05, 3.63) is 40.3 Å². The molecule has 7 heteroatoms. The number of fused-ring (bicyclic) bond motifs is 1. The van der Waals surface area contributed by atoms with Gasteiger partial charge in [0, 0.05) is 12.7 Å². The zero-order valence-corrected chi connectivity index (χ0v) is 8.28. The van der Waals surface area contributed by atoms with Gasteiger partial charge >= 0.3 is 5.82 Å². The lowest BCUT2D eigenvalue weighted by atomic mass is 10.1. The predicted molar refractivity (Wildman–Crippen MR) is 55.9 cm³/mol. The Bertz CT molecular complexity index is 537. The number of hydrogen-bond donors (Lipinski definition) is 2. The summed E-state index contributed by atoms with van der Waals surface area (Å²) in [5.41, 5.74) is 6.20. The minimum absolute atomic E-state index is 0.0676. The molecule has 0 bridgehead atoms. The van der Waals surface area contributed by atoms with Crippen LogP contribution in [0, 0.1) is 10.1 Å². The van der Waals surface area contributed by atoms with Gasteiger partial charge in [-0.15, -0.1) is 0 Å². The number of rotatable bonds is 3. The van der Waals surface area contributed by atoms with Crippen LogP contribution in [-0.4, -0.2) is 26.0 Å². The summed E-state index contributed by atoms with van der Waals surface area (Å²) in [6, 6.07) is 3.17. The van der Waals surface area contributed by atoms with Crippen LogP contribution in [0.4, 0.5) is 5.82 Å². The maximum atomic E-state index is 10.7. The first kappa shape index (κ1) is 10.5. The molecule has 7 nitrogen and oxygen atoms in total. The summed E-state index contributed by atoms with van der Waals surface area (Å²) in [7, 11) is 0. The number of nitrogens with zero attached hydrogens (tertiary/aromatic N) is 3. The molecule has 2 aromatic rings. The molecule has 0 saturated carbocycles. The van der Waals surface area contributed by atoms with E-state index in [4.69, 9.17) is 5.73 Å². The highest BCUT2D eigenvalue weighted by Crippen LogP contribution is 2.21. The van der Waals surface area contributed by atoms with Crippen LogP contribution < -0.4 is 5.73 Å². The number of aliphatic hydroxyl groups is 1. The summed E-state index contributed by atoms with van der Waals surface area (Å²) in [5, 5.41) is 20.2. The first-order chi connectivity index (χ1) is 7.63. The van der Waals surface area contributed by atoms with Crippen molar-refractivity contribution in [1.29, 1.82) is 0 Å². The van der Waals surface area contributed by atoms with Crippen molar-refractivity contribution in [2.24, 2.45) is 5.73 Å². The maximum absolute atomic E-state index is 10.7. The minimum Gasteiger partial charge on any atom is -0.387 e. The van der Waals surface area contributed by atoms with Gasteiger partial charge < -0.3 is 21.0 Å². The van der Waals surface area contributed by atoms with E-state index >= 15 is 0 Å². The van der Waals surface area contributed by atoms with Crippen LogP contribution in [0.1, 0.15) is 11.7 Å². The molecule has 0 radical (unpaired) electrons. The summed E-state index contributed by atoms with van der Waals surface area (Å²) in [5.74, 6) is -0.230. The number of pyridine rings is 1. The van der Waals surface area contributed by atoms with Crippen molar-refractivity contribution in [2.75, 3.05) is 6.54 Å². The monoisotopic (exact) mass is 222 g/mol. The van der Waals surface area contributed by atoms with E-state index in [2.05, 4.69) is 4.98 Å². The fourth-order valence-corrected chi connectivity index (χ4v) is 1.47. The molecule has 84 valence electrons. The Labute approximate surface area is 90.3 Å². The molecule has 0 aliphatic carbocycles. The number of hydrogen-bond acceptors (Lipinski definition) is 5. The predicted octanol–water partition coefficient (Wildman–Crippen LogP) is 0.235. The normalized spacial score (nSPS) is 12.9. The van der Waals surface area contributed by atoms with Gasteiger partial charge in [0.25, 0.3) is 0 Å². The molecule has 2 aromatic heterocycles. The van der Waals surface area contributed by atoms with Crippen molar-refractivity contribution >= 4 is 11.3 Å². The highest BCUT2D eigenvalue weighted by Gasteiger charge is 2.17. The molecule has 0 spiro atoms. The van der Waals surface area contributed by atoms with Gasteiger partial charge in [0.2, 0.25) is 6.33 Å². The lowest BCUT2D eigenvalue weighted by molar-refractivity contribution is -0.387. The molecular formula is C9H10N4O3. The number of aromatic nitrogens is 2. The molecule has 1 unspecified atom stereocenters. The maximum Gasteiger partial charge on any atom is 0.389 e. The molecular weight excluding hydrogens is 212 g/mol. The molecule has 3 N–H and O–H groups in total. The van der Waals surface area contributed by atoms with Gasteiger partial charge in [-0.2, -0.15) is 0 Å². The molecule has 0 aromatic carbocycles. The molecule has 0 saturated heterocycles. The molecule has 0 aliphatic rings. The summed E-state index contributed by atoms with van der Waals surface area (Å²) in [6.45, 7) is 0.0676. The highest BCUT2D eigenvalue weighted by molar-refractivity contribution is 5.62. The van der Waals surface area contributed by atoms with E-state index in [1.807, 2.05) is 0 Å². The molecule has 0 amide bonds. The van der Waals surface area contributed by atoms with E-state index < -0.39 is 11.0 Å². The third-order valence-corrected chi connectivity index (χ3v) is 2.32. The second kappa shape index (κ2) is 3.87. The number of imidazole rings is 1. The summed E-state index contributed by atoms with van der Waals surface area (Å²) >= 11 is 0. The fourth-order valence-electron chi connectivity index (χ4n) is 1.47. The van der Waals surface area contributed by atoms with E-state index in [0.717, 1.165) is 0 Å². The van der Waals surface area contributed by atoms with Crippen molar-refractivity contribution < 1.29 is 10.0 Å². The lowest BCUT2D eigenvalue weighted by Gasteiger charge is -2.07. The Balaban J connectivity index is 2.58. The van der Waals surface area contributed by atoms with E-state index in [9.17, 15) is 15.2 Å². The van der Waals surface area contributed by atoms with Gasteiger partial charge in [-0.1, -0.05) is 0 Å². The quantitative estimate of drug-likeness (QED) is 0.571. The van der Waals surface area contributed by atoms with Crippen LogP contribution in [0.2, 0.25) is 0 Å². The van der Waals surface area contributed by atoms with Crippen LogP contribution in [0.5, 0.6) is 0 Å². The number of nitro groups is 1. The van der Waals surface area contributed by atoms with E-state index in [0.29, 0.717) is 11.1 Å². The number of nitrogens with two attached hydrogens (primary N) is 1. The Morgan fingerprint density at radius 2 is 2.44 bits per heavy atom. The summed E-state index contributed by atoms with van der Waals surface area (Å²) in [4.78, 5) is 13.8. The molecule has 0 fully saturated rings. The van der Waals surface area contributed by atoms with E-state index in [-0.39, 0.29) is 12.4 Å². The van der Waals surface area contributed by atoms with Gasteiger partial charge in [-0.25, -0.2) is 0 Å². The zero-order chi connectivity index (χ0) is 11.7. The Morgan fingerprint density at radius 3 is 3.06 bits per heavy atom. The van der Waals surface area contributed by atoms with E-state index in [1.165, 1.54) is 16.8 Å². The van der Waals surface area contributed by atoms with Crippen molar-refractivity contribution in [3.8, 4) is 0 Å². The standard InChI is InChI=1S/C9H10N4O3/c10-4-8(14)6-1-2-12-5-11-9(13(15)16)7(12)3-6/h1-3,5,8,14H,4,10H2. The first-order valence-corrected chi connectivity index (χ1v) is 4.62. The average molecular weight is 222 g/mol. The lowest BCUT2D eigenvalue weighted by Crippen LogP contribution is -2.11. The van der Waals surface area contributed by atoms with Crippen LogP contribution >= 0.6 is 0 Å². The second-order valence-electron chi connectivity index (χ2n) is 3.33. The van der Waals surface area contributed by atoms with Gasteiger partial charge in [0.05, 0.1) is 6.10 Å². The third-order valence-electron chi connectivity index (χ3n) is 2.32. The Hall–Kier alpha value is -1.99. The largest absolute Gasteiger partial charge is 0.389 e. The van der Waals surface area contributed by atoms with Crippen LogP contribution in [-0.2, 0) is 0 Å². The summed E-state index contributed by atoms with van der Waals surface area (Å²) in [6.07, 6.45) is 2.13. The van der Waals surface area contributed by atoms with Crippen LogP contribution in [0.25, 0.3) is 5.52 Å². The minimum atomic E-state index is -0.820. The van der Waals surface area contributed by atoms with Crippen LogP contribution in [0.15, 0.2) is 24.7 Å². The van der Waals surface area contributed by atoms with Gasteiger partial charge in [0.15, 0.2) is 0 Å². The first-order valence-electron chi connectivity index (χ1n) is 4.62. The van der Waals surface area contributed by atoms with Crippen LogP contribution in [0.3, 0.4) is 0 Å². The smallest absolute Gasteiger partial charge is 0.387 e. The number of aliphatic hydroxyl groups excluding tert-OH is 1. The molecule has 16 heavy (non-hydrogen) atoms. The van der Waals surface area contributed by atoms with Gasteiger partial charge in [0.1, 0.15) is 5.52 Å². The second-order valence-corrected chi connectivity index (χ2v) is 3.33. The highest BCUT2D eigenvalue weighted by atomic mass is 16.6. The fraction of sp³-hybridized carbons (Fsp3) is 0.222. The van der Waals surface area contributed by atoms with Crippen molar-refractivity contribution in [2.45, 2.75) is 6.10 Å². The Kier molecular flexibility index (Phi) is 2.55. The summed E-state index contributed by atoms with van der Waals surface area (Å²) < 4.78 is 1.52. The van der Waals surface area contributed by atoms with Crippen molar-refractivity contribution in [3.63, 3.8) is 0 Å². The van der Waals surface area contributed by atoms with Crippen molar-refractivity contribution in [1.82, 2.24) is 9.38 Å².